The molecule has 0 aliphatic carbocycles. The zero-order valence-corrected chi connectivity index (χ0v) is 12.5. The Morgan fingerprint density at radius 1 is 1.45 bits per heavy atom. The van der Waals surface area contributed by atoms with Crippen LogP contribution in [0, 0.1) is 0 Å². The quantitative estimate of drug-likeness (QED) is 0.891. The lowest BCUT2D eigenvalue weighted by atomic mass is 9.96. The number of furan rings is 1. The predicted molar refractivity (Wildman–Crippen MR) is 76.6 cm³/mol. The minimum absolute atomic E-state index is 0.343. The lowest BCUT2D eigenvalue weighted by Gasteiger charge is -2.39. The van der Waals surface area contributed by atoms with Crippen LogP contribution in [0.1, 0.15) is 31.3 Å². The van der Waals surface area contributed by atoms with Gasteiger partial charge in [0.1, 0.15) is 17.6 Å². The molecule has 1 aliphatic heterocycles. The number of rotatable bonds is 5. The highest BCUT2D eigenvalue weighted by Gasteiger charge is 2.34. The normalized spacial score (nSPS) is 24.2. The van der Waals surface area contributed by atoms with Gasteiger partial charge in [0.15, 0.2) is 0 Å². The highest BCUT2D eigenvalue weighted by atomic mass is 16.4. The Hall–Kier alpha value is -1.33. The van der Waals surface area contributed by atoms with Crippen molar-refractivity contribution in [2.75, 3.05) is 20.6 Å². The SMILES string of the molecule is CCc1ccc(CN2CC[C@H](N(C)C)C[C@H]2C(=O)O)o1. The maximum atomic E-state index is 11.5. The smallest absolute Gasteiger partial charge is 0.320 e. The molecule has 2 rings (SSSR count). The van der Waals surface area contributed by atoms with Gasteiger partial charge < -0.3 is 14.4 Å². The summed E-state index contributed by atoms with van der Waals surface area (Å²) in [6.45, 7) is 3.42. The molecule has 112 valence electrons. The summed E-state index contributed by atoms with van der Waals surface area (Å²) in [5.74, 6) is 1.07. The number of carboxylic acids is 1. The fourth-order valence-electron chi connectivity index (χ4n) is 2.81. The second-order valence-electron chi connectivity index (χ2n) is 5.69. The number of piperidine rings is 1. The van der Waals surface area contributed by atoms with Crippen LogP contribution in [0.15, 0.2) is 16.5 Å². The van der Waals surface area contributed by atoms with Crippen LogP contribution in [0.2, 0.25) is 0 Å². The molecular formula is C15H24N2O3. The van der Waals surface area contributed by atoms with Crippen molar-refractivity contribution in [1.82, 2.24) is 9.80 Å². The molecule has 5 nitrogen and oxygen atoms in total. The fraction of sp³-hybridized carbons (Fsp3) is 0.667. The molecule has 1 aliphatic rings. The molecule has 0 spiro atoms. The van der Waals surface area contributed by atoms with Gasteiger partial charge in [0, 0.05) is 19.0 Å². The minimum atomic E-state index is -0.737. The second-order valence-corrected chi connectivity index (χ2v) is 5.69. The minimum Gasteiger partial charge on any atom is -0.480 e. The first-order valence-electron chi connectivity index (χ1n) is 7.22. The molecule has 0 radical (unpaired) electrons. The summed E-state index contributed by atoms with van der Waals surface area (Å²) >= 11 is 0. The van der Waals surface area contributed by atoms with E-state index >= 15 is 0 Å². The Bertz CT molecular complexity index is 456. The molecule has 0 unspecified atom stereocenters. The van der Waals surface area contributed by atoms with E-state index in [1.807, 2.05) is 38.1 Å². The van der Waals surface area contributed by atoms with Gasteiger partial charge in [-0.2, -0.15) is 0 Å². The first-order valence-corrected chi connectivity index (χ1v) is 7.22. The van der Waals surface area contributed by atoms with E-state index in [0.717, 1.165) is 30.9 Å². The summed E-state index contributed by atoms with van der Waals surface area (Å²) in [7, 11) is 4.03. The number of aliphatic carboxylic acids is 1. The topological polar surface area (TPSA) is 56.9 Å². The van der Waals surface area contributed by atoms with Gasteiger partial charge in [0.25, 0.3) is 0 Å². The first-order chi connectivity index (χ1) is 9.51. The molecule has 2 atom stereocenters. The van der Waals surface area contributed by atoms with Crippen molar-refractivity contribution < 1.29 is 14.3 Å². The molecule has 1 fully saturated rings. The lowest BCUT2D eigenvalue weighted by Crippen LogP contribution is -2.51. The highest BCUT2D eigenvalue weighted by molar-refractivity contribution is 5.73. The van der Waals surface area contributed by atoms with Gasteiger partial charge in [0.05, 0.1) is 6.54 Å². The van der Waals surface area contributed by atoms with Crippen molar-refractivity contribution >= 4 is 5.97 Å². The van der Waals surface area contributed by atoms with E-state index < -0.39 is 12.0 Å². The second kappa shape index (κ2) is 6.41. The van der Waals surface area contributed by atoms with E-state index in [9.17, 15) is 9.90 Å². The van der Waals surface area contributed by atoms with E-state index in [1.54, 1.807) is 0 Å². The van der Waals surface area contributed by atoms with Crippen LogP contribution in [-0.2, 0) is 17.8 Å². The zero-order valence-electron chi connectivity index (χ0n) is 12.5. The molecule has 0 bridgehead atoms. The average molecular weight is 280 g/mol. The van der Waals surface area contributed by atoms with Crippen molar-refractivity contribution in [2.45, 2.75) is 44.8 Å². The number of nitrogens with zero attached hydrogens (tertiary/aromatic N) is 2. The third-order valence-corrected chi connectivity index (χ3v) is 4.13. The Kier molecular flexibility index (Phi) is 4.83. The van der Waals surface area contributed by atoms with Crippen LogP contribution in [0.4, 0.5) is 0 Å². The average Bonchev–Trinajstić information content (AvgIpc) is 2.86. The largest absolute Gasteiger partial charge is 0.480 e. The molecule has 20 heavy (non-hydrogen) atoms. The number of carboxylic acid groups (broad SMARTS) is 1. The van der Waals surface area contributed by atoms with E-state index in [2.05, 4.69) is 4.90 Å². The molecule has 0 aromatic carbocycles. The van der Waals surface area contributed by atoms with E-state index in [1.165, 1.54) is 0 Å². The third kappa shape index (κ3) is 3.41. The Morgan fingerprint density at radius 3 is 2.70 bits per heavy atom. The summed E-state index contributed by atoms with van der Waals surface area (Å²) in [6.07, 6.45) is 2.53. The van der Waals surface area contributed by atoms with Crippen molar-refractivity contribution in [3.8, 4) is 0 Å². The van der Waals surface area contributed by atoms with Crippen LogP contribution in [0.5, 0.6) is 0 Å². The maximum absolute atomic E-state index is 11.5. The van der Waals surface area contributed by atoms with Gasteiger partial charge in [-0.15, -0.1) is 0 Å². The number of hydrogen-bond donors (Lipinski definition) is 1. The van der Waals surface area contributed by atoms with Crippen LogP contribution in [-0.4, -0.2) is 53.6 Å². The van der Waals surface area contributed by atoms with Crippen molar-refractivity contribution in [3.05, 3.63) is 23.7 Å². The van der Waals surface area contributed by atoms with Crippen LogP contribution >= 0.6 is 0 Å². The summed E-state index contributed by atoms with van der Waals surface area (Å²) < 4.78 is 5.69. The lowest BCUT2D eigenvalue weighted by molar-refractivity contribution is -0.146. The van der Waals surface area contributed by atoms with Gasteiger partial charge >= 0.3 is 5.97 Å². The van der Waals surface area contributed by atoms with Crippen molar-refractivity contribution in [3.63, 3.8) is 0 Å². The molecule has 1 aromatic rings. The zero-order chi connectivity index (χ0) is 14.7. The van der Waals surface area contributed by atoms with Crippen LogP contribution in [0.3, 0.4) is 0 Å². The first kappa shape index (κ1) is 15.1. The van der Waals surface area contributed by atoms with E-state index in [-0.39, 0.29) is 0 Å². The van der Waals surface area contributed by atoms with Gasteiger partial charge in [0.2, 0.25) is 0 Å². The van der Waals surface area contributed by atoms with Gasteiger partial charge in [-0.3, -0.25) is 9.69 Å². The summed E-state index contributed by atoms with van der Waals surface area (Å²) in [5, 5.41) is 9.45. The molecule has 1 aromatic heterocycles. The number of hydrogen-bond acceptors (Lipinski definition) is 4. The van der Waals surface area contributed by atoms with Gasteiger partial charge in [-0.1, -0.05) is 6.92 Å². The fourth-order valence-corrected chi connectivity index (χ4v) is 2.81. The number of aryl methyl sites for hydroxylation is 1. The van der Waals surface area contributed by atoms with E-state index in [4.69, 9.17) is 4.42 Å². The van der Waals surface area contributed by atoms with Gasteiger partial charge in [-0.25, -0.2) is 0 Å². The predicted octanol–water partition coefficient (Wildman–Crippen LogP) is 1.82. The molecule has 5 heteroatoms. The van der Waals surface area contributed by atoms with Crippen LogP contribution < -0.4 is 0 Å². The molecule has 0 saturated carbocycles. The maximum Gasteiger partial charge on any atom is 0.320 e. The van der Waals surface area contributed by atoms with Crippen molar-refractivity contribution in [2.24, 2.45) is 0 Å². The molecule has 1 saturated heterocycles. The Balaban J connectivity index is 2.04. The standard InChI is InChI=1S/C15H24N2O3/c1-4-12-5-6-13(20-12)10-17-8-7-11(16(2)3)9-14(17)15(18)19/h5-6,11,14H,4,7-10H2,1-3H3,(H,18,19)/t11-,14-/m0/s1. The highest BCUT2D eigenvalue weighted by Crippen LogP contribution is 2.23. The number of carbonyl (C=O) groups is 1. The Morgan fingerprint density at radius 2 is 2.15 bits per heavy atom. The molecular weight excluding hydrogens is 256 g/mol. The Labute approximate surface area is 120 Å². The van der Waals surface area contributed by atoms with Crippen LogP contribution in [0.25, 0.3) is 0 Å². The summed E-state index contributed by atoms with van der Waals surface area (Å²) in [5.41, 5.74) is 0. The summed E-state index contributed by atoms with van der Waals surface area (Å²) in [4.78, 5) is 15.6. The van der Waals surface area contributed by atoms with Crippen molar-refractivity contribution in [1.29, 1.82) is 0 Å². The summed E-state index contributed by atoms with van der Waals surface area (Å²) in [6, 6.07) is 3.84. The van der Waals surface area contributed by atoms with E-state index in [0.29, 0.717) is 19.0 Å². The molecule has 2 heterocycles. The van der Waals surface area contributed by atoms with Gasteiger partial charge in [-0.05, 0) is 39.1 Å². The third-order valence-electron chi connectivity index (χ3n) is 4.13. The molecule has 0 amide bonds. The number of likely N-dealkylation sites (tertiary alicyclic amines) is 1. The molecule has 1 N–H and O–H groups in total. The monoisotopic (exact) mass is 280 g/mol.